The molecule has 160 valence electrons. The molecule has 0 aliphatic carbocycles. The molecule has 1 aliphatic rings. The zero-order chi connectivity index (χ0) is 21.5. The van der Waals surface area contributed by atoms with Crippen molar-refractivity contribution in [1.82, 2.24) is 4.90 Å². The van der Waals surface area contributed by atoms with Crippen molar-refractivity contribution in [3.8, 4) is 5.75 Å². The fraction of sp³-hybridized carbons (Fsp3) is 0.417. The summed E-state index contributed by atoms with van der Waals surface area (Å²) in [6.07, 6.45) is -0.995. The van der Waals surface area contributed by atoms with Crippen molar-refractivity contribution in [2.24, 2.45) is 0 Å². The first-order chi connectivity index (χ1) is 14.5. The number of carbonyl (C=O) groups is 2. The molecule has 2 aromatic carbocycles. The van der Waals surface area contributed by atoms with Gasteiger partial charge >= 0.3 is 5.97 Å². The predicted octanol–water partition coefficient (Wildman–Crippen LogP) is 3.64. The molecule has 1 atom stereocenters. The molecule has 1 aliphatic heterocycles. The zero-order valence-corrected chi connectivity index (χ0v) is 17.8. The summed E-state index contributed by atoms with van der Waals surface area (Å²) in [6.45, 7) is 7.96. The van der Waals surface area contributed by atoms with Gasteiger partial charge in [0, 0.05) is 18.7 Å². The molecule has 2 aromatic rings. The summed E-state index contributed by atoms with van der Waals surface area (Å²) < 4.78 is 16.5. The molecule has 0 N–H and O–H groups in total. The van der Waals surface area contributed by atoms with Crippen LogP contribution in [0, 0.1) is 6.92 Å². The Balaban J connectivity index is 1.66. The highest BCUT2D eigenvalue weighted by molar-refractivity contribution is 5.85. The Bertz CT molecular complexity index is 859. The van der Waals surface area contributed by atoms with Gasteiger partial charge in [0.1, 0.15) is 5.75 Å². The normalized spacial score (nSPS) is 15.0. The van der Waals surface area contributed by atoms with E-state index < -0.39 is 12.1 Å². The second kappa shape index (κ2) is 10.3. The fourth-order valence-corrected chi connectivity index (χ4v) is 3.53. The van der Waals surface area contributed by atoms with E-state index in [-0.39, 0.29) is 12.5 Å². The summed E-state index contributed by atoms with van der Waals surface area (Å²) in [5, 5.41) is 0. The lowest BCUT2D eigenvalue weighted by molar-refractivity contribution is -0.164. The number of benzene rings is 2. The van der Waals surface area contributed by atoms with Gasteiger partial charge in [0.25, 0.3) is 5.91 Å². The van der Waals surface area contributed by atoms with Crippen LogP contribution in [-0.2, 0) is 19.1 Å². The molecule has 30 heavy (non-hydrogen) atoms. The van der Waals surface area contributed by atoms with Gasteiger partial charge in [-0.1, -0.05) is 50.2 Å². The number of esters is 1. The van der Waals surface area contributed by atoms with Crippen LogP contribution in [-0.4, -0.2) is 49.7 Å². The number of carbonyl (C=O) groups excluding carboxylic acids is 2. The third kappa shape index (κ3) is 5.60. The number of amides is 1. The third-order valence-corrected chi connectivity index (χ3v) is 5.12. The van der Waals surface area contributed by atoms with Crippen LogP contribution >= 0.6 is 0 Å². The molecule has 3 rings (SSSR count). The van der Waals surface area contributed by atoms with Gasteiger partial charge in [-0.2, -0.15) is 0 Å². The van der Waals surface area contributed by atoms with Gasteiger partial charge in [0.05, 0.1) is 13.2 Å². The zero-order valence-electron chi connectivity index (χ0n) is 17.8. The van der Waals surface area contributed by atoms with Crippen molar-refractivity contribution in [3.05, 3.63) is 65.2 Å². The number of aryl methyl sites for hydroxylation is 1. The van der Waals surface area contributed by atoms with Crippen LogP contribution in [0.2, 0.25) is 0 Å². The largest absolute Gasteiger partial charge is 0.482 e. The minimum Gasteiger partial charge on any atom is -0.482 e. The standard InChI is InChI=1S/C24H29NO5/c1-17(2)21-10-9-20(15-18(21)3)29-16-22(26)30-23(19-7-5-4-6-8-19)24(27)25-11-13-28-14-12-25/h4-10,15,17,23H,11-14,16H2,1-3H3/t23-/m1/s1. The Labute approximate surface area is 177 Å². The molecule has 1 saturated heterocycles. The summed E-state index contributed by atoms with van der Waals surface area (Å²) in [4.78, 5) is 27.2. The maximum absolute atomic E-state index is 13.0. The molecule has 0 radical (unpaired) electrons. The number of hydrogen-bond acceptors (Lipinski definition) is 5. The summed E-state index contributed by atoms with van der Waals surface area (Å²) in [5.74, 6) is 0.192. The average molecular weight is 411 g/mol. The van der Waals surface area contributed by atoms with Crippen molar-refractivity contribution < 1.29 is 23.8 Å². The third-order valence-electron chi connectivity index (χ3n) is 5.12. The van der Waals surface area contributed by atoms with E-state index in [1.807, 2.05) is 43.3 Å². The van der Waals surface area contributed by atoms with E-state index in [1.165, 1.54) is 5.56 Å². The van der Waals surface area contributed by atoms with Crippen molar-refractivity contribution in [2.45, 2.75) is 32.8 Å². The smallest absolute Gasteiger partial charge is 0.345 e. The minimum atomic E-state index is -0.995. The van der Waals surface area contributed by atoms with E-state index >= 15 is 0 Å². The summed E-state index contributed by atoms with van der Waals surface area (Å²) >= 11 is 0. The Morgan fingerprint density at radius 3 is 2.40 bits per heavy atom. The first-order valence-electron chi connectivity index (χ1n) is 10.3. The van der Waals surface area contributed by atoms with E-state index in [4.69, 9.17) is 14.2 Å². The highest BCUT2D eigenvalue weighted by Crippen LogP contribution is 2.24. The molecule has 0 spiro atoms. The molecule has 0 unspecified atom stereocenters. The Hall–Kier alpha value is -2.86. The van der Waals surface area contributed by atoms with Gasteiger partial charge in [0.15, 0.2) is 6.61 Å². The molecular weight excluding hydrogens is 382 g/mol. The van der Waals surface area contributed by atoms with E-state index in [9.17, 15) is 9.59 Å². The minimum absolute atomic E-state index is 0.241. The second-order valence-corrected chi connectivity index (χ2v) is 7.68. The molecule has 1 heterocycles. The maximum Gasteiger partial charge on any atom is 0.345 e. The van der Waals surface area contributed by atoms with Crippen LogP contribution in [0.1, 0.15) is 42.6 Å². The molecule has 0 bridgehead atoms. The van der Waals surface area contributed by atoms with E-state index in [2.05, 4.69) is 13.8 Å². The second-order valence-electron chi connectivity index (χ2n) is 7.68. The van der Waals surface area contributed by atoms with E-state index in [0.717, 1.165) is 5.56 Å². The molecule has 6 nitrogen and oxygen atoms in total. The van der Waals surface area contributed by atoms with Crippen molar-refractivity contribution in [3.63, 3.8) is 0 Å². The molecule has 6 heteroatoms. The van der Waals surface area contributed by atoms with Crippen LogP contribution < -0.4 is 4.74 Å². The van der Waals surface area contributed by atoms with Crippen LogP contribution in [0.4, 0.5) is 0 Å². The highest BCUT2D eigenvalue weighted by Gasteiger charge is 2.30. The monoisotopic (exact) mass is 411 g/mol. The average Bonchev–Trinajstić information content (AvgIpc) is 2.76. The van der Waals surface area contributed by atoms with Crippen molar-refractivity contribution in [2.75, 3.05) is 32.9 Å². The number of rotatable bonds is 7. The van der Waals surface area contributed by atoms with Gasteiger partial charge < -0.3 is 19.1 Å². The van der Waals surface area contributed by atoms with Gasteiger partial charge in [-0.05, 0) is 36.1 Å². The van der Waals surface area contributed by atoms with Crippen LogP contribution in [0.15, 0.2) is 48.5 Å². The lowest BCUT2D eigenvalue weighted by Crippen LogP contribution is -2.44. The van der Waals surface area contributed by atoms with Gasteiger partial charge in [-0.3, -0.25) is 4.79 Å². The van der Waals surface area contributed by atoms with Crippen LogP contribution in [0.5, 0.6) is 5.75 Å². The molecule has 1 amide bonds. The lowest BCUT2D eigenvalue weighted by atomic mass is 9.98. The molecule has 0 aromatic heterocycles. The molecular formula is C24H29NO5. The first kappa shape index (κ1) is 21.8. The predicted molar refractivity (Wildman–Crippen MR) is 113 cm³/mol. The number of ether oxygens (including phenoxy) is 3. The molecule has 1 fully saturated rings. The van der Waals surface area contributed by atoms with Gasteiger partial charge in [-0.25, -0.2) is 4.79 Å². The van der Waals surface area contributed by atoms with Crippen molar-refractivity contribution >= 4 is 11.9 Å². The quantitative estimate of drug-likeness (QED) is 0.651. The van der Waals surface area contributed by atoms with E-state index in [1.54, 1.807) is 17.0 Å². The molecule has 0 saturated carbocycles. The summed E-state index contributed by atoms with van der Waals surface area (Å²) in [6, 6.07) is 14.8. The van der Waals surface area contributed by atoms with Crippen molar-refractivity contribution in [1.29, 1.82) is 0 Å². The number of hydrogen-bond donors (Lipinski definition) is 0. The van der Waals surface area contributed by atoms with Crippen LogP contribution in [0.3, 0.4) is 0 Å². The van der Waals surface area contributed by atoms with E-state index in [0.29, 0.717) is 43.5 Å². The Morgan fingerprint density at radius 1 is 1.07 bits per heavy atom. The number of nitrogens with zero attached hydrogens (tertiary/aromatic N) is 1. The van der Waals surface area contributed by atoms with Gasteiger partial charge in [0.2, 0.25) is 6.10 Å². The Morgan fingerprint density at radius 2 is 1.77 bits per heavy atom. The SMILES string of the molecule is Cc1cc(OCC(=O)O[C@@H](C(=O)N2CCOCC2)c2ccccc2)ccc1C(C)C. The maximum atomic E-state index is 13.0. The summed E-state index contributed by atoms with van der Waals surface area (Å²) in [7, 11) is 0. The van der Waals surface area contributed by atoms with Gasteiger partial charge in [-0.15, -0.1) is 0 Å². The Kier molecular flexibility index (Phi) is 7.46. The lowest BCUT2D eigenvalue weighted by Gasteiger charge is -2.30. The van der Waals surface area contributed by atoms with Crippen LogP contribution in [0.25, 0.3) is 0 Å². The topological polar surface area (TPSA) is 65.1 Å². The fourth-order valence-electron chi connectivity index (χ4n) is 3.53. The number of morpholine rings is 1. The first-order valence-corrected chi connectivity index (χ1v) is 10.3. The highest BCUT2D eigenvalue weighted by atomic mass is 16.6. The summed E-state index contributed by atoms with van der Waals surface area (Å²) in [5.41, 5.74) is 2.99.